The SMILES string of the molecule is O=C(c1ccc(Cl)c([N+](=O)[O-])c1)N1CCN(CCn2ccnc2-c2ccccc2)CC1. The lowest BCUT2D eigenvalue weighted by atomic mass is 10.1. The molecule has 9 heteroatoms. The maximum Gasteiger partial charge on any atom is 0.288 e. The van der Waals surface area contributed by atoms with E-state index in [1.165, 1.54) is 18.2 Å². The van der Waals surface area contributed by atoms with Crippen molar-refractivity contribution in [1.82, 2.24) is 19.4 Å². The van der Waals surface area contributed by atoms with Crippen molar-refractivity contribution in [3.63, 3.8) is 0 Å². The summed E-state index contributed by atoms with van der Waals surface area (Å²) < 4.78 is 2.14. The van der Waals surface area contributed by atoms with Crippen LogP contribution in [0.15, 0.2) is 60.9 Å². The van der Waals surface area contributed by atoms with Crippen molar-refractivity contribution in [2.45, 2.75) is 6.54 Å². The zero-order valence-corrected chi connectivity index (χ0v) is 17.6. The summed E-state index contributed by atoms with van der Waals surface area (Å²) in [7, 11) is 0. The van der Waals surface area contributed by atoms with Gasteiger partial charge in [-0.25, -0.2) is 4.98 Å². The third kappa shape index (κ3) is 4.76. The van der Waals surface area contributed by atoms with Crippen LogP contribution in [0.5, 0.6) is 0 Å². The van der Waals surface area contributed by atoms with Gasteiger partial charge in [-0.05, 0) is 12.1 Å². The van der Waals surface area contributed by atoms with E-state index in [0.29, 0.717) is 13.1 Å². The number of hydrogen-bond acceptors (Lipinski definition) is 5. The minimum Gasteiger partial charge on any atom is -0.336 e. The topological polar surface area (TPSA) is 84.5 Å². The quantitative estimate of drug-likeness (QED) is 0.433. The second-order valence-electron chi connectivity index (χ2n) is 7.37. The Labute approximate surface area is 184 Å². The zero-order chi connectivity index (χ0) is 21.8. The Bertz CT molecular complexity index is 1080. The fourth-order valence-corrected chi connectivity index (χ4v) is 3.92. The van der Waals surface area contributed by atoms with Crippen molar-refractivity contribution in [3.8, 4) is 11.4 Å². The van der Waals surface area contributed by atoms with Crippen molar-refractivity contribution < 1.29 is 9.72 Å². The highest BCUT2D eigenvalue weighted by atomic mass is 35.5. The Morgan fingerprint density at radius 2 is 1.81 bits per heavy atom. The normalized spacial score (nSPS) is 14.5. The summed E-state index contributed by atoms with van der Waals surface area (Å²) >= 11 is 5.85. The van der Waals surface area contributed by atoms with Gasteiger partial charge >= 0.3 is 0 Å². The molecule has 1 aromatic heterocycles. The van der Waals surface area contributed by atoms with Crippen molar-refractivity contribution >= 4 is 23.2 Å². The van der Waals surface area contributed by atoms with Crippen LogP contribution in [-0.4, -0.2) is 62.9 Å². The summed E-state index contributed by atoms with van der Waals surface area (Å²) in [5, 5.41) is 11.1. The first-order valence-corrected chi connectivity index (χ1v) is 10.4. The first-order valence-electron chi connectivity index (χ1n) is 10.0. The average molecular weight is 440 g/mol. The number of amides is 1. The first kappa shape index (κ1) is 21.0. The molecular formula is C22H22ClN5O3. The van der Waals surface area contributed by atoms with Gasteiger partial charge in [-0.2, -0.15) is 0 Å². The van der Waals surface area contributed by atoms with Gasteiger partial charge in [0.25, 0.3) is 11.6 Å². The number of rotatable bonds is 6. The molecule has 31 heavy (non-hydrogen) atoms. The zero-order valence-electron chi connectivity index (χ0n) is 16.9. The van der Waals surface area contributed by atoms with Gasteiger partial charge in [0.2, 0.25) is 0 Å². The van der Waals surface area contributed by atoms with Gasteiger partial charge in [0, 0.05) is 68.9 Å². The number of carbonyl (C=O) groups excluding carboxylic acids is 1. The molecule has 8 nitrogen and oxygen atoms in total. The van der Waals surface area contributed by atoms with E-state index in [9.17, 15) is 14.9 Å². The van der Waals surface area contributed by atoms with Gasteiger partial charge in [-0.3, -0.25) is 19.8 Å². The van der Waals surface area contributed by atoms with Gasteiger partial charge in [0.05, 0.1) is 4.92 Å². The molecule has 2 aromatic carbocycles. The molecule has 160 valence electrons. The Morgan fingerprint density at radius 3 is 2.52 bits per heavy atom. The molecule has 0 unspecified atom stereocenters. The lowest BCUT2D eigenvalue weighted by molar-refractivity contribution is -0.384. The number of hydrogen-bond donors (Lipinski definition) is 0. The molecule has 3 aromatic rings. The second-order valence-corrected chi connectivity index (χ2v) is 7.77. The summed E-state index contributed by atoms with van der Waals surface area (Å²) in [5.41, 5.74) is 1.12. The van der Waals surface area contributed by atoms with Gasteiger partial charge in [0.1, 0.15) is 10.8 Å². The summed E-state index contributed by atoms with van der Waals surface area (Å²) in [6.07, 6.45) is 3.79. The molecule has 0 bridgehead atoms. The minimum absolute atomic E-state index is 0.0285. The number of aromatic nitrogens is 2. The number of piperazine rings is 1. The smallest absolute Gasteiger partial charge is 0.288 e. The maximum absolute atomic E-state index is 12.8. The monoisotopic (exact) mass is 439 g/mol. The van der Waals surface area contributed by atoms with E-state index in [2.05, 4.69) is 14.5 Å². The van der Waals surface area contributed by atoms with Crippen LogP contribution in [0.1, 0.15) is 10.4 Å². The molecule has 1 saturated heterocycles. The molecule has 1 aliphatic rings. The van der Waals surface area contributed by atoms with E-state index < -0.39 is 4.92 Å². The summed E-state index contributed by atoms with van der Waals surface area (Å²) in [6.45, 7) is 4.30. The van der Waals surface area contributed by atoms with Crippen LogP contribution in [0.4, 0.5) is 5.69 Å². The molecule has 0 atom stereocenters. The van der Waals surface area contributed by atoms with Gasteiger partial charge in [0.15, 0.2) is 0 Å². The highest BCUT2D eigenvalue weighted by Gasteiger charge is 2.24. The van der Waals surface area contributed by atoms with Crippen LogP contribution in [-0.2, 0) is 6.54 Å². The molecule has 0 spiro atoms. The van der Waals surface area contributed by atoms with Gasteiger partial charge in [-0.1, -0.05) is 41.9 Å². The number of nitro groups is 1. The van der Waals surface area contributed by atoms with E-state index in [1.807, 2.05) is 42.7 Å². The van der Waals surface area contributed by atoms with E-state index in [4.69, 9.17) is 11.6 Å². The fraction of sp³-hybridized carbons (Fsp3) is 0.273. The van der Waals surface area contributed by atoms with E-state index >= 15 is 0 Å². The predicted molar refractivity (Wildman–Crippen MR) is 118 cm³/mol. The number of nitrogens with zero attached hydrogens (tertiary/aromatic N) is 5. The number of carbonyl (C=O) groups is 1. The molecule has 1 amide bonds. The number of halogens is 1. The molecule has 4 rings (SSSR count). The molecule has 1 fully saturated rings. The van der Waals surface area contributed by atoms with E-state index in [1.54, 1.807) is 4.90 Å². The van der Waals surface area contributed by atoms with Crippen molar-refractivity contribution in [3.05, 3.63) is 81.6 Å². The summed E-state index contributed by atoms with van der Waals surface area (Å²) in [6, 6.07) is 14.3. The van der Waals surface area contributed by atoms with Crippen LogP contribution in [0.3, 0.4) is 0 Å². The van der Waals surface area contributed by atoms with Gasteiger partial charge < -0.3 is 9.47 Å². The van der Waals surface area contributed by atoms with Crippen LogP contribution >= 0.6 is 11.6 Å². The molecule has 0 radical (unpaired) electrons. The van der Waals surface area contributed by atoms with Gasteiger partial charge in [-0.15, -0.1) is 0 Å². The molecular weight excluding hydrogens is 418 g/mol. The maximum atomic E-state index is 12.8. The number of benzene rings is 2. The van der Waals surface area contributed by atoms with Crippen LogP contribution in [0, 0.1) is 10.1 Å². The molecule has 0 aliphatic carbocycles. The Morgan fingerprint density at radius 1 is 1.06 bits per heavy atom. The standard InChI is InChI=1S/C22H22ClN5O3/c23-19-7-6-18(16-20(19)28(30)31)22(29)27-14-11-25(12-15-27)10-13-26-9-8-24-21(26)17-4-2-1-3-5-17/h1-9,16H,10-15H2. The number of nitro benzene ring substituents is 1. The lowest BCUT2D eigenvalue weighted by Crippen LogP contribution is -2.49. The van der Waals surface area contributed by atoms with Crippen LogP contribution < -0.4 is 0 Å². The minimum atomic E-state index is -0.573. The fourth-order valence-electron chi connectivity index (χ4n) is 3.73. The summed E-state index contributed by atoms with van der Waals surface area (Å²) in [4.78, 5) is 31.8. The Kier molecular flexibility index (Phi) is 6.29. The predicted octanol–water partition coefficient (Wildman–Crippen LogP) is 3.57. The number of imidazole rings is 1. The van der Waals surface area contributed by atoms with E-state index in [0.717, 1.165) is 37.6 Å². The van der Waals surface area contributed by atoms with Crippen LogP contribution in [0.25, 0.3) is 11.4 Å². The highest BCUT2D eigenvalue weighted by molar-refractivity contribution is 6.32. The average Bonchev–Trinajstić information content (AvgIpc) is 3.27. The first-order chi connectivity index (χ1) is 15.0. The Hall–Kier alpha value is -3.23. The van der Waals surface area contributed by atoms with Crippen molar-refractivity contribution in [1.29, 1.82) is 0 Å². The van der Waals surface area contributed by atoms with E-state index in [-0.39, 0.29) is 22.2 Å². The molecule has 2 heterocycles. The lowest BCUT2D eigenvalue weighted by Gasteiger charge is -2.34. The highest BCUT2D eigenvalue weighted by Crippen LogP contribution is 2.26. The third-order valence-corrected chi connectivity index (χ3v) is 5.77. The van der Waals surface area contributed by atoms with Crippen molar-refractivity contribution in [2.75, 3.05) is 32.7 Å². The second kappa shape index (κ2) is 9.28. The van der Waals surface area contributed by atoms with Crippen molar-refractivity contribution in [2.24, 2.45) is 0 Å². The van der Waals surface area contributed by atoms with Crippen LogP contribution in [0.2, 0.25) is 5.02 Å². The largest absolute Gasteiger partial charge is 0.336 e. The molecule has 1 aliphatic heterocycles. The molecule has 0 saturated carbocycles. The summed E-state index contributed by atoms with van der Waals surface area (Å²) in [5.74, 6) is 0.735. The molecule has 0 N–H and O–H groups in total. The third-order valence-electron chi connectivity index (χ3n) is 5.45. The Balaban J connectivity index is 1.33.